The molecule has 1 N–H and O–H groups in total. The molecule has 0 aromatic carbocycles. The number of hydrogen-bond acceptors (Lipinski definition) is 5. The van der Waals surface area contributed by atoms with Crippen molar-refractivity contribution in [2.24, 2.45) is 0 Å². The molecule has 0 aliphatic carbocycles. The quantitative estimate of drug-likeness (QED) is 0.0375. The molecule has 0 aliphatic rings. The van der Waals surface area contributed by atoms with Gasteiger partial charge in [-0.25, -0.2) is 0 Å². The Bertz CT molecular complexity index is 871. The van der Waals surface area contributed by atoms with E-state index >= 15 is 0 Å². The summed E-state index contributed by atoms with van der Waals surface area (Å²) in [6.45, 7) is 4.17. The van der Waals surface area contributed by atoms with E-state index in [1.807, 2.05) is 0 Å². The lowest BCUT2D eigenvalue weighted by Crippen LogP contribution is -2.28. The predicted molar refractivity (Wildman–Crippen MR) is 261 cm³/mol. The Labute approximate surface area is 375 Å². The van der Waals surface area contributed by atoms with E-state index in [1.54, 1.807) is 0 Å². The van der Waals surface area contributed by atoms with Gasteiger partial charge in [0.1, 0.15) is 6.61 Å². The van der Waals surface area contributed by atoms with Crippen molar-refractivity contribution in [3.05, 3.63) is 12.2 Å². The van der Waals surface area contributed by atoms with Crippen LogP contribution in [0, 0.1) is 0 Å². The van der Waals surface area contributed by atoms with Crippen molar-refractivity contribution in [1.29, 1.82) is 0 Å². The van der Waals surface area contributed by atoms with Crippen LogP contribution in [-0.2, 0) is 19.1 Å². The smallest absolute Gasteiger partial charge is 0.306 e. The third-order valence-electron chi connectivity index (χ3n) is 12.6. The number of esters is 2. The highest BCUT2D eigenvalue weighted by molar-refractivity contribution is 5.70. The highest BCUT2D eigenvalue weighted by Crippen LogP contribution is 2.17. The number of aliphatic hydroxyl groups excluding tert-OH is 1. The maximum atomic E-state index is 12.2. The van der Waals surface area contributed by atoms with Crippen LogP contribution in [0.4, 0.5) is 0 Å². The molecule has 0 saturated heterocycles. The molecular formula is C55H106O5. The first kappa shape index (κ1) is 58.6. The number of carbonyl (C=O) groups is 2. The monoisotopic (exact) mass is 847 g/mol. The Morgan fingerprint density at radius 3 is 0.900 bits per heavy atom. The minimum absolute atomic E-state index is 0.0578. The van der Waals surface area contributed by atoms with Crippen molar-refractivity contribution in [3.8, 4) is 0 Å². The molecule has 0 aromatic rings. The van der Waals surface area contributed by atoms with Gasteiger partial charge in [0, 0.05) is 12.8 Å². The van der Waals surface area contributed by atoms with Crippen LogP contribution >= 0.6 is 0 Å². The first-order valence-electron chi connectivity index (χ1n) is 27.2. The van der Waals surface area contributed by atoms with E-state index in [9.17, 15) is 14.7 Å². The molecule has 0 aliphatic heterocycles. The second-order valence-electron chi connectivity index (χ2n) is 18.7. The molecule has 5 nitrogen and oxygen atoms in total. The second-order valence-corrected chi connectivity index (χ2v) is 18.7. The highest BCUT2D eigenvalue weighted by Gasteiger charge is 2.16. The molecule has 1 atom stereocenters. The van der Waals surface area contributed by atoms with Gasteiger partial charge < -0.3 is 14.6 Å². The SMILES string of the molecule is CCCCCCCCCC/C=C\CCCCCCCCCCCCCCCCCCCCCCCCCC(=O)OC(CO)COC(=O)CCCCCCCCCCCCC. The van der Waals surface area contributed by atoms with E-state index in [-0.39, 0.29) is 25.2 Å². The van der Waals surface area contributed by atoms with E-state index in [2.05, 4.69) is 26.0 Å². The maximum Gasteiger partial charge on any atom is 0.306 e. The van der Waals surface area contributed by atoms with Crippen molar-refractivity contribution in [3.63, 3.8) is 0 Å². The minimum Gasteiger partial charge on any atom is -0.462 e. The molecule has 1 unspecified atom stereocenters. The predicted octanol–water partition coefficient (Wildman–Crippen LogP) is 18.0. The number of ether oxygens (including phenoxy) is 2. The van der Waals surface area contributed by atoms with E-state index in [0.29, 0.717) is 12.8 Å². The first-order valence-corrected chi connectivity index (χ1v) is 27.2. The average molecular weight is 847 g/mol. The molecule has 0 bridgehead atoms. The molecule has 5 heteroatoms. The number of unbranched alkanes of at least 4 members (excludes halogenated alkanes) is 41. The Morgan fingerprint density at radius 1 is 0.367 bits per heavy atom. The van der Waals surface area contributed by atoms with Gasteiger partial charge in [0.05, 0.1) is 6.61 Å². The summed E-state index contributed by atoms with van der Waals surface area (Å²) in [6.07, 6.45) is 63.5. The van der Waals surface area contributed by atoms with E-state index in [1.165, 1.54) is 244 Å². The third kappa shape index (κ3) is 49.3. The van der Waals surface area contributed by atoms with E-state index in [4.69, 9.17) is 9.47 Å². The summed E-state index contributed by atoms with van der Waals surface area (Å²) in [5.41, 5.74) is 0. The summed E-state index contributed by atoms with van der Waals surface area (Å²) in [7, 11) is 0. The Hall–Kier alpha value is -1.36. The molecule has 0 amide bonds. The minimum atomic E-state index is -0.763. The van der Waals surface area contributed by atoms with Crippen LogP contribution < -0.4 is 0 Å². The van der Waals surface area contributed by atoms with Gasteiger partial charge in [-0.15, -0.1) is 0 Å². The van der Waals surface area contributed by atoms with Gasteiger partial charge in [0.15, 0.2) is 6.10 Å². The summed E-state index contributed by atoms with van der Waals surface area (Å²) in [4.78, 5) is 24.3. The maximum absolute atomic E-state index is 12.2. The molecule has 60 heavy (non-hydrogen) atoms. The Balaban J connectivity index is 3.34. The van der Waals surface area contributed by atoms with Gasteiger partial charge in [-0.2, -0.15) is 0 Å². The van der Waals surface area contributed by atoms with Crippen molar-refractivity contribution < 1.29 is 24.2 Å². The first-order chi connectivity index (χ1) is 29.6. The lowest BCUT2D eigenvalue weighted by molar-refractivity contribution is -0.161. The summed E-state index contributed by atoms with van der Waals surface area (Å²) in [5.74, 6) is -0.573. The standard InChI is InChI=1S/C55H106O5/c1-3-5-7-9-11-13-15-16-17-18-19-20-21-22-23-24-25-26-27-28-29-30-31-32-33-34-35-36-37-38-40-42-44-46-48-50-55(58)60-53(51-56)52-59-54(57)49-47-45-43-41-39-14-12-10-8-6-4-2/h18-19,53,56H,3-17,20-52H2,1-2H3/b19-18-. The average Bonchev–Trinajstić information content (AvgIpc) is 3.25. The fourth-order valence-electron chi connectivity index (χ4n) is 8.44. The number of allylic oxidation sites excluding steroid dienone is 2. The van der Waals surface area contributed by atoms with Crippen LogP contribution in [0.5, 0.6) is 0 Å². The zero-order valence-electron chi connectivity index (χ0n) is 40.8. The van der Waals surface area contributed by atoms with Crippen LogP contribution in [-0.4, -0.2) is 36.4 Å². The zero-order chi connectivity index (χ0) is 43.5. The Kier molecular flexibility index (Phi) is 50.8. The molecule has 0 fully saturated rings. The number of rotatable bonds is 51. The van der Waals surface area contributed by atoms with Gasteiger partial charge in [-0.05, 0) is 38.5 Å². The number of carbonyl (C=O) groups excluding carboxylic acids is 2. The van der Waals surface area contributed by atoms with Gasteiger partial charge in [-0.1, -0.05) is 270 Å². The second kappa shape index (κ2) is 52.0. The zero-order valence-corrected chi connectivity index (χ0v) is 40.8. The fourth-order valence-corrected chi connectivity index (χ4v) is 8.44. The van der Waals surface area contributed by atoms with Crippen molar-refractivity contribution in [2.75, 3.05) is 13.2 Å². The topological polar surface area (TPSA) is 72.8 Å². The van der Waals surface area contributed by atoms with Gasteiger partial charge in [0.25, 0.3) is 0 Å². The molecule has 0 heterocycles. The van der Waals surface area contributed by atoms with Crippen LogP contribution in [0.3, 0.4) is 0 Å². The lowest BCUT2D eigenvalue weighted by Gasteiger charge is -2.15. The van der Waals surface area contributed by atoms with E-state index in [0.717, 1.165) is 38.5 Å². The molecule has 0 spiro atoms. The largest absolute Gasteiger partial charge is 0.462 e. The number of aliphatic hydroxyl groups is 1. The Morgan fingerprint density at radius 2 is 0.617 bits per heavy atom. The van der Waals surface area contributed by atoms with Gasteiger partial charge in [0.2, 0.25) is 0 Å². The van der Waals surface area contributed by atoms with Gasteiger partial charge in [-0.3, -0.25) is 9.59 Å². The van der Waals surface area contributed by atoms with Crippen LogP contribution in [0.1, 0.15) is 309 Å². The van der Waals surface area contributed by atoms with E-state index < -0.39 is 6.10 Å². The van der Waals surface area contributed by atoms with Crippen LogP contribution in [0.2, 0.25) is 0 Å². The molecule has 356 valence electrons. The highest BCUT2D eigenvalue weighted by atomic mass is 16.6. The summed E-state index contributed by atoms with van der Waals surface area (Å²) < 4.78 is 10.7. The summed E-state index contributed by atoms with van der Waals surface area (Å²) in [6, 6.07) is 0. The molecule has 0 aromatic heterocycles. The van der Waals surface area contributed by atoms with Gasteiger partial charge >= 0.3 is 11.9 Å². The molecule has 0 saturated carbocycles. The van der Waals surface area contributed by atoms with Crippen molar-refractivity contribution >= 4 is 11.9 Å². The normalized spacial score (nSPS) is 12.1. The van der Waals surface area contributed by atoms with Crippen LogP contribution in [0.25, 0.3) is 0 Å². The lowest BCUT2D eigenvalue weighted by atomic mass is 10.0. The third-order valence-corrected chi connectivity index (χ3v) is 12.6. The van der Waals surface area contributed by atoms with Crippen molar-refractivity contribution in [2.45, 2.75) is 315 Å². The molecule has 0 radical (unpaired) electrons. The molecule has 0 rings (SSSR count). The molecular weight excluding hydrogens is 741 g/mol. The van der Waals surface area contributed by atoms with Crippen molar-refractivity contribution in [1.82, 2.24) is 0 Å². The summed E-state index contributed by atoms with van der Waals surface area (Å²) >= 11 is 0. The summed E-state index contributed by atoms with van der Waals surface area (Å²) in [5, 5.41) is 9.59. The fraction of sp³-hybridized carbons (Fsp3) is 0.927. The van der Waals surface area contributed by atoms with Crippen LogP contribution in [0.15, 0.2) is 12.2 Å². The number of hydrogen-bond donors (Lipinski definition) is 1.